The average Bonchev–Trinajstić information content (AvgIpc) is 2.68. The molecule has 0 unspecified atom stereocenters. The Bertz CT molecular complexity index is 453. The summed E-state index contributed by atoms with van der Waals surface area (Å²) in [5, 5.41) is 4.33. The number of hydrogen-bond donors (Lipinski definition) is 1. The van der Waals surface area contributed by atoms with E-state index in [9.17, 15) is 0 Å². The molecule has 0 radical (unpaired) electrons. The highest BCUT2D eigenvalue weighted by Crippen LogP contribution is 2.29. The first-order valence-corrected chi connectivity index (χ1v) is 11.2. The number of hydrogen-bond acceptors (Lipinski definition) is 5. The minimum Gasteiger partial charge on any atom is -0.472 e. The van der Waals surface area contributed by atoms with Crippen LogP contribution in [0.15, 0.2) is 6.20 Å². The van der Waals surface area contributed by atoms with Crippen LogP contribution in [0, 0.1) is 0 Å². The van der Waals surface area contributed by atoms with E-state index in [1.54, 1.807) is 18.0 Å². The van der Waals surface area contributed by atoms with Crippen molar-refractivity contribution in [2.45, 2.75) is 57.5 Å². The van der Waals surface area contributed by atoms with Crippen molar-refractivity contribution in [2.75, 3.05) is 19.5 Å². The molecule has 1 aliphatic rings. The predicted octanol–water partition coefficient (Wildman–Crippen LogP) is 2.33. The Labute approximate surface area is 127 Å². The van der Waals surface area contributed by atoms with Crippen molar-refractivity contribution >= 4 is 13.8 Å². The van der Waals surface area contributed by atoms with Gasteiger partial charge in [-0.3, -0.25) is 0 Å². The van der Waals surface area contributed by atoms with Gasteiger partial charge in [0.2, 0.25) is 0 Å². The lowest BCUT2D eigenvalue weighted by atomic mass is 9.92. The van der Waals surface area contributed by atoms with Crippen LogP contribution in [0.5, 0.6) is 5.88 Å². The summed E-state index contributed by atoms with van der Waals surface area (Å²) < 4.78 is 18.3. The number of ether oxygens (including phenoxy) is 3. The van der Waals surface area contributed by atoms with E-state index in [0.717, 1.165) is 25.5 Å². The van der Waals surface area contributed by atoms with Gasteiger partial charge in [0.15, 0.2) is 0 Å². The third-order valence-electron chi connectivity index (χ3n) is 3.64. The maximum absolute atomic E-state index is 5.92. The second-order valence-corrected chi connectivity index (χ2v) is 12.5. The summed E-state index contributed by atoms with van der Waals surface area (Å²) in [5.74, 6) is 0.503. The Morgan fingerprint density at radius 3 is 2.67 bits per heavy atom. The summed E-state index contributed by atoms with van der Waals surface area (Å²) in [4.78, 5) is 0. The summed E-state index contributed by atoms with van der Waals surface area (Å²) in [6, 6.07) is 1.15. The zero-order valence-electron chi connectivity index (χ0n) is 13.5. The second-order valence-electron chi connectivity index (χ2n) is 6.85. The van der Waals surface area contributed by atoms with Gasteiger partial charge in [-0.1, -0.05) is 19.6 Å². The van der Waals surface area contributed by atoms with Gasteiger partial charge >= 0.3 is 0 Å². The Morgan fingerprint density at radius 1 is 1.33 bits per heavy atom. The Balaban J connectivity index is 1.74. The number of rotatable bonds is 8. The predicted molar refractivity (Wildman–Crippen MR) is 85.2 cm³/mol. The molecule has 2 rings (SSSR count). The monoisotopic (exact) mass is 313 g/mol. The van der Waals surface area contributed by atoms with Gasteiger partial charge in [-0.05, 0) is 6.04 Å². The minimum atomic E-state index is -1.05. The van der Waals surface area contributed by atoms with Gasteiger partial charge in [-0.25, -0.2) is 4.68 Å². The van der Waals surface area contributed by atoms with Crippen LogP contribution in [0.2, 0.25) is 25.7 Å². The highest BCUT2D eigenvalue weighted by atomic mass is 28.3. The van der Waals surface area contributed by atoms with E-state index >= 15 is 0 Å². The first-order valence-electron chi connectivity index (χ1n) is 7.47. The molecule has 0 bridgehead atoms. The lowest BCUT2D eigenvalue weighted by molar-refractivity contribution is -0.0399. The van der Waals surface area contributed by atoms with Crippen molar-refractivity contribution in [3.8, 4) is 5.88 Å². The second kappa shape index (κ2) is 6.80. The maximum Gasteiger partial charge on any atom is 0.256 e. The average molecular weight is 313 g/mol. The summed E-state index contributed by atoms with van der Waals surface area (Å²) >= 11 is 0. The van der Waals surface area contributed by atoms with E-state index in [1.165, 1.54) is 0 Å². The zero-order valence-corrected chi connectivity index (χ0v) is 14.5. The van der Waals surface area contributed by atoms with E-state index in [2.05, 4.69) is 24.7 Å². The van der Waals surface area contributed by atoms with E-state index in [0.29, 0.717) is 24.4 Å². The largest absolute Gasteiger partial charge is 0.472 e. The molecule has 6 nitrogen and oxygen atoms in total. The molecule has 2 N–H and O–H groups in total. The van der Waals surface area contributed by atoms with E-state index in [4.69, 9.17) is 19.9 Å². The molecular formula is C14H27N3O3Si. The molecule has 1 heterocycles. The summed E-state index contributed by atoms with van der Waals surface area (Å²) in [7, 11) is 0.678. The third kappa shape index (κ3) is 5.01. The van der Waals surface area contributed by atoms with Crippen LogP contribution in [0.4, 0.5) is 5.69 Å². The molecule has 7 heteroatoms. The van der Waals surface area contributed by atoms with Crippen LogP contribution >= 0.6 is 0 Å². The Kier molecular flexibility index (Phi) is 5.29. The normalized spacial score (nSPS) is 22.1. The van der Waals surface area contributed by atoms with Crippen LogP contribution in [0.25, 0.3) is 0 Å². The summed E-state index contributed by atoms with van der Waals surface area (Å²) in [5.41, 5.74) is 6.48. The van der Waals surface area contributed by atoms with Gasteiger partial charge in [0.25, 0.3) is 5.88 Å². The van der Waals surface area contributed by atoms with Crippen LogP contribution < -0.4 is 10.5 Å². The van der Waals surface area contributed by atoms with Crippen LogP contribution in [-0.4, -0.2) is 43.8 Å². The standard InChI is InChI=1S/C14H27N3O3Si/c1-18-11-7-12(8-11)20-14-13(15)9-17(16-14)10-19-5-6-21(2,3)4/h9,11-12H,5-8,10,15H2,1-4H3. The van der Waals surface area contributed by atoms with Gasteiger partial charge in [0.1, 0.15) is 18.5 Å². The molecule has 21 heavy (non-hydrogen) atoms. The van der Waals surface area contributed by atoms with Crippen LogP contribution in [-0.2, 0) is 16.2 Å². The van der Waals surface area contributed by atoms with Crippen molar-refractivity contribution < 1.29 is 14.2 Å². The fourth-order valence-electron chi connectivity index (χ4n) is 2.08. The topological polar surface area (TPSA) is 71.5 Å². The Morgan fingerprint density at radius 2 is 2.05 bits per heavy atom. The zero-order chi connectivity index (χ0) is 15.5. The minimum absolute atomic E-state index is 0.161. The number of aromatic nitrogens is 2. The number of methoxy groups -OCH3 is 1. The van der Waals surface area contributed by atoms with Crippen molar-refractivity contribution in [2.24, 2.45) is 0 Å². The number of anilines is 1. The van der Waals surface area contributed by atoms with Gasteiger partial charge < -0.3 is 19.9 Å². The molecule has 1 aliphatic carbocycles. The van der Waals surface area contributed by atoms with Gasteiger partial charge in [0, 0.05) is 34.6 Å². The van der Waals surface area contributed by atoms with E-state index < -0.39 is 8.07 Å². The highest BCUT2D eigenvalue weighted by Gasteiger charge is 2.31. The van der Waals surface area contributed by atoms with Crippen molar-refractivity contribution in [1.29, 1.82) is 0 Å². The molecule has 0 spiro atoms. The van der Waals surface area contributed by atoms with E-state index in [1.807, 2.05) is 0 Å². The first kappa shape index (κ1) is 16.3. The van der Waals surface area contributed by atoms with Gasteiger partial charge in [-0.2, -0.15) is 0 Å². The molecule has 0 aromatic carbocycles. The lowest BCUT2D eigenvalue weighted by Gasteiger charge is -2.33. The van der Waals surface area contributed by atoms with E-state index in [-0.39, 0.29) is 6.10 Å². The maximum atomic E-state index is 5.92. The molecule has 0 aliphatic heterocycles. The smallest absolute Gasteiger partial charge is 0.256 e. The molecular weight excluding hydrogens is 286 g/mol. The fraction of sp³-hybridized carbons (Fsp3) is 0.786. The lowest BCUT2D eigenvalue weighted by Crippen LogP contribution is -2.39. The third-order valence-corrected chi connectivity index (χ3v) is 5.34. The number of nitrogens with zero attached hydrogens (tertiary/aromatic N) is 2. The highest BCUT2D eigenvalue weighted by molar-refractivity contribution is 6.76. The molecule has 1 saturated carbocycles. The molecule has 1 aromatic heterocycles. The number of nitrogen functional groups attached to an aromatic ring is 1. The van der Waals surface area contributed by atoms with Gasteiger partial charge in [0.05, 0.1) is 12.3 Å². The van der Waals surface area contributed by atoms with Gasteiger partial charge in [-0.15, -0.1) is 5.10 Å². The molecule has 1 aromatic rings. The fourth-order valence-corrected chi connectivity index (χ4v) is 2.83. The SMILES string of the molecule is COC1CC(Oc2nn(COCC[Si](C)(C)C)cc2N)C1. The number of nitrogens with two attached hydrogens (primary N) is 1. The molecule has 1 fully saturated rings. The van der Waals surface area contributed by atoms with Crippen molar-refractivity contribution in [3.05, 3.63) is 6.20 Å². The molecule has 0 amide bonds. The molecule has 0 atom stereocenters. The summed E-state index contributed by atoms with van der Waals surface area (Å²) in [6.45, 7) is 8.19. The van der Waals surface area contributed by atoms with Crippen molar-refractivity contribution in [3.63, 3.8) is 0 Å². The summed E-state index contributed by atoms with van der Waals surface area (Å²) in [6.07, 6.45) is 4.03. The van der Waals surface area contributed by atoms with Crippen molar-refractivity contribution in [1.82, 2.24) is 9.78 Å². The Hall–Kier alpha value is -1.05. The van der Waals surface area contributed by atoms with Crippen LogP contribution in [0.3, 0.4) is 0 Å². The molecule has 0 saturated heterocycles. The first-order chi connectivity index (χ1) is 9.87. The molecule has 120 valence electrons. The quantitative estimate of drug-likeness (QED) is 0.589. The van der Waals surface area contributed by atoms with Crippen LogP contribution in [0.1, 0.15) is 12.8 Å².